The van der Waals surface area contributed by atoms with Crippen molar-refractivity contribution in [3.05, 3.63) is 29.8 Å². The van der Waals surface area contributed by atoms with E-state index in [0.29, 0.717) is 13.2 Å². The zero-order valence-electron chi connectivity index (χ0n) is 16.2. The van der Waals surface area contributed by atoms with Gasteiger partial charge < -0.3 is 20.1 Å². The summed E-state index contributed by atoms with van der Waals surface area (Å²) in [4.78, 5) is 6.80. The number of hydrogen-bond donors (Lipinski definition) is 2. The van der Waals surface area contributed by atoms with Crippen LogP contribution in [0.25, 0.3) is 0 Å². The molecular weight excluding hydrogens is 443 g/mol. The average molecular weight is 476 g/mol. The number of halogens is 1. The Bertz CT molecular complexity index is 538. The topological polar surface area (TPSA) is 58.1 Å². The number of aliphatic imine (C=N–C) groups is 1. The molecule has 1 fully saturated rings. The highest BCUT2D eigenvalue weighted by atomic mass is 127. The van der Waals surface area contributed by atoms with E-state index in [1.54, 1.807) is 14.2 Å². The van der Waals surface area contributed by atoms with E-state index in [4.69, 9.17) is 9.47 Å². The Balaban J connectivity index is 0.00000338. The highest BCUT2D eigenvalue weighted by Crippen LogP contribution is 2.26. The second kappa shape index (κ2) is 13.2. The Morgan fingerprint density at radius 3 is 2.65 bits per heavy atom. The van der Waals surface area contributed by atoms with Crippen molar-refractivity contribution in [3.63, 3.8) is 0 Å². The van der Waals surface area contributed by atoms with E-state index in [9.17, 15) is 0 Å². The van der Waals surface area contributed by atoms with Crippen LogP contribution in [0, 0.1) is 0 Å². The lowest BCUT2D eigenvalue weighted by Crippen LogP contribution is -2.42. The molecule has 1 aromatic carbocycles. The van der Waals surface area contributed by atoms with Gasteiger partial charge in [-0.1, -0.05) is 18.2 Å². The summed E-state index contributed by atoms with van der Waals surface area (Å²) < 4.78 is 10.9. The van der Waals surface area contributed by atoms with E-state index >= 15 is 0 Å². The normalized spacial score (nSPS) is 14.1. The van der Waals surface area contributed by atoms with Gasteiger partial charge in [0.2, 0.25) is 0 Å². The quantitative estimate of drug-likeness (QED) is 0.292. The minimum absolute atomic E-state index is 0. The summed E-state index contributed by atoms with van der Waals surface area (Å²) >= 11 is 0. The van der Waals surface area contributed by atoms with Crippen LogP contribution in [0.1, 0.15) is 25.3 Å². The van der Waals surface area contributed by atoms with Crippen LogP contribution in [0.3, 0.4) is 0 Å². The Kier molecular flexibility index (Phi) is 11.6. The van der Waals surface area contributed by atoms with E-state index in [1.807, 2.05) is 25.1 Å². The van der Waals surface area contributed by atoms with E-state index in [1.165, 1.54) is 12.8 Å². The van der Waals surface area contributed by atoms with Gasteiger partial charge in [-0.15, -0.1) is 24.0 Å². The molecule has 0 atom stereocenters. The fraction of sp³-hybridized carbons (Fsp3) is 0.632. The first-order valence-corrected chi connectivity index (χ1v) is 9.16. The molecule has 2 N–H and O–H groups in total. The second-order valence-corrected chi connectivity index (χ2v) is 6.15. The number of ether oxygens (including phenoxy) is 2. The summed E-state index contributed by atoms with van der Waals surface area (Å²) in [5, 5.41) is 6.76. The van der Waals surface area contributed by atoms with Gasteiger partial charge >= 0.3 is 0 Å². The molecule has 148 valence electrons. The van der Waals surface area contributed by atoms with Crippen molar-refractivity contribution in [1.82, 2.24) is 15.5 Å². The smallest absolute Gasteiger partial charge is 0.191 e. The van der Waals surface area contributed by atoms with Gasteiger partial charge in [0.25, 0.3) is 0 Å². The van der Waals surface area contributed by atoms with Crippen LogP contribution >= 0.6 is 24.0 Å². The molecule has 0 aliphatic heterocycles. The van der Waals surface area contributed by atoms with Gasteiger partial charge in [-0.3, -0.25) is 9.89 Å². The van der Waals surface area contributed by atoms with Crippen molar-refractivity contribution in [2.45, 2.75) is 32.4 Å². The number of rotatable bonds is 11. The van der Waals surface area contributed by atoms with Crippen molar-refractivity contribution in [2.75, 3.05) is 47.0 Å². The Morgan fingerprint density at radius 1 is 1.23 bits per heavy atom. The van der Waals surface area contributed by atoms with Crippen LogP contribution in [0.2, 0.25) is 0 Å². The lowest BCUT2D eigenvalue weighted by Gasteiger charge is -2.22. The van der Waals surface area contributed by atoms with E-state index < -0.39 is 0 Å². The van der Waals surface area contributed by atoms with Crippen LogP contribution < -0.4 is 15.4 Å². The van der Waals surface area contributed by atoms with Gasteiger partial charge in [0.1, 0.15) is 5.75 Å². The molecular formula is C19H33IN4O2. The van der Waals surface area contributed by atoms with Crippen LogP contribution in [0.4, 0.5) is 0 Å². The Labute approximate surface area is 174 Å². The van der Waals surface area contributed by atoms with Gasteiger partial charge in [0, 0.05) is 51.9 Å². The summed E-state index contributed by atoms with van der Waals surface area (Å²) in [6.45, 7) is 7.01. The van der Waals surface area contributed by atoms with Gasteiger partial charge in [0.15, 0.2) is 5.96 Å². The third kappa shape index (κ3) is 8.09. The highest BCUT2D eigenvalue weighted by molar-refractivity contribution is 14.0. The average Bonchev–Trinajstić information content (AvgIpc) is 3.47. The number of benzene rings is 1. The van der Waals surface area contributed by atoms with Gasteiger partial charge in [0.05, 0.1) is 13.2 Å². The number of hydrogen-bond acceptors (Lipinski definition) is 4. The van der Waals surface area contributed by atoms with Gasteiger partial charge in [-0.25, -0.2) is 0 Å². The fourth-order valence-corrected chi connectivity index (χ4v) is 2.79. The molecule has 6 nitrogen and oxygen atoms in total. The van der Waals surface area contributed by atoms with E-state index in [0.717, 1.165) is 49.6 Å². The van der Waals surface area contributed by atoms with Crippen molar-refractivity contribution in [1.29, 1.82) is 0 Å². The first kappa shape index (κ1) is 23.0. The van der Waals surface area contributed by atoms with Crippen LogP contribution in [0.5, 0.6) is 5.75 Å². The minimum atomic E-state index is 0. The highest BCUT2D eigenvalue weighted by Gasteiger charge is 2.28. The number of methoxy groups -OCH3 is 1. The molecule has 0 radical (unpaired) electrons. The van der Waals surface area contributed by atoms with Crippen molar-refractivity contribution >= 4 is 29.9 Å². The number of para-hydroxylation sites is 1. The third-order valence-electron chi connectivity index (χ3n) is 4.28. The number of guanidine groups is 1. The molecule has 2 rings (SSSR count). The van der Waals surface area contributed by atoms with Crippen molar-refractivity contribution in [2.24, 2.45) is 4.99 Å². The van der Waals surface area contributed by atoms with Crippen LogP contribution in [0.15, 0.2) is 29.3 Å². The third-order valence-corrected chi connectivity index (χ3v) is 4.28. The molecule has 1 saturated carbocycles. The monoisotopic (exact) mass is 476 g/mol. The zero-order chi connectivity index (χ0) is 17.9. The summed E-state index contributed by atoms with van der Waals surface area (Å²) in [5.74, 6) is 1.74. The lowest BCUT2D eigenvalue weighted by molar-refractivity contribution is 0.144. The summed E-state index contributed by atoms with van der Waals surface area (Å²) in [5.41, 5.74) is 1.13. The van der Waals surface area contributed by atoms with Crippen molar-refractivity contribution < 1.29 is 9.47 Å². The Hall–Kier alpha value is -1.06. The van der Waals surface area contributed by atoms with Crippen LogP contribution in [-0.2, 0) is 11.3 Å². The number of nitrogens with one attached hydrogen (secondary N) is 2. The van der Waals surface area contributed by atoms with E-state index in [-0.39, 0.29) is 24.0 Å². The van der Waals surface area contributed by atoms with Crippen molar-refractivity contribution in [3.8, 4) is 5.75 Å². The molecule has 0 bridgehead atoms. The molecule has 0 aromatic heterocycles. The molecule has 1 aliphatic carbocycles. The predicted molar refractivity (Wildman–Crippen MR) is 118 cm³/mol. The number of nitrogens with zero attached hydrogens (tertiary/aromatic N) is 2. The first-order chi connectivity index (χ1) is 12.3. The second-order valence-electron chi connectivity index (χ2n) is 6.15. The standard InChI is InChI=1S/C19H32N4O2.HI/c1-4-25-18-8-6-5-7-16(18)15-22-19(20-2)21-11-12-23(13-14-24-3)17-9-10-17;/h5-8,17H,4,9-15H2,1-3H3,(H2,20,21,22);1H. The van der Waals surface area contributed by atoms with Crippen LogP contribution in [-0.4, -0.2) is 63.9 Å². The van der Waals surface area contributed by atoms with E-state index in [2.05, 4.69) is 26.6 Å². The van der Waals surface area contributed by atoms with Gasteiger partial charge in [-0.2, -0.15) is 0 Å². The molecule has 1 aliphatic rings. The Morgan fingerprint density at radius 2 is 2.00 bits per heavy atom. The molecule has 1 aromatic rings. The lowest BCUT2D eigenvalue weighted by atomic mass is 10.2. The summed E-state index contributed by atoms with van der Waals surface area (Å²) in [6.07, 6.45) is 2.62. The maximum absolute atomic E-state index is 5.67. The largest absolute Gasteiger partial charge is 0.494 e. The molecule has 0 amide bonds. The molecule has 7 heteroatoms. The minimum Gasteiger partial charge on any atom is -0.494 e. The van der Waals surface area contributed by atoms with Gasteiger partial charge in [-0.05, 0) is 25.8 Å². The fourth-order valence-electron chi connectivity index (χ4n) is 2.79. The zero-order valence-corrected chi connectivity index (χ0v) is 18.5. The SMILES string of the molecule is CCOc1ccccc1CNC(=NC)NCCN(CCOC)C1CC1.I. The maximum atomic E-state index is 5.67. The molecule has 0 unspecified atom stereocenters. The summed E-state index contributed by atoms with van der Waals surface area (Å²) in [7, 11) is 3.56. The first-order valence-electron chi connectivity index (χ1n) is 9.16. The molecule has 26 heavy (non-hydrogen) atoms. The maximum Gasteiger partial charge on any atom is 0.191 e. The molecule has 0 spiro atoms. The molecule has 0 saturated heterocycles. The predicted octanol–water partition coefficient (Wildman–Crippen LogP) is 2.48. The summed E-state index contributed by atoms with van der Waals surface area (Å²) in [6, 6.07) is 8.84. The molecule has 0 heterocycles.